The van der Waals surface area contributed by atoms with Crippen molar-refractivity contribution in [2.75, 3.05) is 0 Å². The van der Waals surface area contributed by atoms with Gasteiger partial charge in [0.15, 0.2) is 0 Å². The smallest absolute Gasteiger partial charge is 0.393 e. The van der Waals surface area contributed by atoms with Gasteiger partial charge >= 0.3 is 11.9 Å². The summed E-state index contributed by atoms with van der Waals surface area (Å²) in [5, 5.41) is 15.4. The number of rotatable bonds is 2. The van der Waals surface area contributed by atoms with E-state index in [0.29, 0.717) is 5.56 Å². The average molecular weight is 192 g/mol. The molecule has 1 N–H and O–H groups in total. The summed E-state index contributed by atoms with van der Waals surface area (Å²) in [5.41, 5.74) is 0.479. The number of aromatic nitrogens is 4. The zero-order valence-electron chi connectivity index (χ0n) is 6.78. The van der Waals surface area contributed by atoms with E-state index in [1.807, 2.05) is 0 Å². The lowest BCUT2D eigenvalue weighted by molar-refractivity contribution is 0.0654. The molecule has 0 atom stereocenters. The molecule has 70 valence electrons. The van der Waals surface area contributed by atoms with Gasteiger partial charge in [-0.2, -0.15) is 0 Å². The van der Waals surface area contributed by atoms with Gasteiger partial charge in [0.05, 0.1) is 5.56 Å². The lowest BCUT2D eigenvalue weighted by Crippen LogP contribution is -1.95. The third-order valence-electron chi connectivity index (χ3n) is 1.42. The van der Waals surface area contributed by atoms with E-state index in [1.165, 1.54) is 18.7 Å². The van der Waals surface area contributed by atoms with Crippen molar-refractivity contribution in [3.8, 4) is 11.5 Å². The van der Waals surface area contributed by atoms with Crippen molar-refractivity contribution in [1.82, 2.24) is 20.2 Å². The van der Waals surface area contributed by atoms with Crippen molar-refractivity contribution in [1.29, 1.82) is 0 Å². The van der Waals surface area contributed by atoms with E-state index in [2.05, 4.69) is 20.2 Å². The topological polar surface area (TPSA) is 102 Å². The van der Waals surface area contributed by atoms with Gasteiger partial charge in [-0.3, -0.25) is 0 Å². The van der Waals surface area contributed by atoms with E-state index in [9.17, 15) is 4.79 Å². The second kappa shape index (κ2) is 3.21. The van der Waals surface area contributed by atoms with Crippen LogP contribution in [0.5, 0.6) is 0 Å². The Morgan fingerprint density at radius 2 is 2.00 bits per heavy atom. The van der Waals surface area contributed by atoms with Crippen LogP contribution in [-0.2, 0) is 0 Å². The SMILES string of the molecule is O=C(O)c1nnc(-c2cncnc2)o1. The van der Waals surface area contributed by atoms with Crippen LogP contribution >= 0.6 is 0 Å². The summed E-state index contributed by atoms with van der Waals surface area (Å²) in [5.74, 6) is -1.63. The Labute approximate surface area is 77.5 Å². The first kappa shape index (κ1) is 8.30. The number of carbonyl (C=O) groups is 1. The predicted octanol–water partition coefficient (Wildman–Crippen LogP) is 0.225. The second-order valence-corrected chi connectivity index (χ2v) is 2.34. The molecule has 2 aromatic heterocycles. The van der Waals surface area contributed by atoms with Crippen LogP contribution in [0.15, 0.2) is 23.1 Å². The van der Waals surface area contributed by atoms with E-state index in [0.717, 1.165) is 0 Å². The first-order chi connectivity index (χ1) is 6.77. The molecule has 0 saturated carbocycles. The number of hydrogen-bond donors (Lipinski definition) is 1. The highest BCUT2D eigenvalue weighted by Gasteiger charge is 2.14. The minimum atomic E-state index is -1.26. The summed E-state index contributed by atoms with van der Waals surface area (Å²) in [4.78, 5) is 17.9. The van der Waals surface area contributed by atoms with Crippen LogP contribution in [0.2, 0.25) is 0 Å². The molecular formula is C7H4N4O3. The van der Waals surface area contributed by atoms with Gasteiger partial charge in [0.25, 0.3) is 5.89 Å². The van der Waals surface area contributed by atoms with Crippen molar-refractivity contribution in [2.45, 2.75) is 0 Å². The number of aromatic carboxylic acids is 1. The van der Waals surface area contributed by atoms with Gasteiger partial charge in [0.2, 0.25) is 0 Å². The summed E-state index contributed by atoms with van der Waals surface area (Å²) in [6, 6.07) is 0. The maximum atomic E-state index is 10.4. The maximum Gasteiger partial charge on any atom is 0.393 e. The highest BCUT2D eigenvalue weighted by Crippen LogP contribution is 2.14. The first-order valence-electron chi connectivity index (χ1n) is 3.59. The van der Waals surface area contributed by atoms with Crippen molar-refractivity contribution in [2.24, 2.45) is 0 Å². The van der Waals surface area contributed by atoms with Gasteiger partial charge in [-0.25, -0.2) is 14.8 Å². The quantitative estimate of drug-likeness (QED) is 0.726. The highest BCUT2D eigenvalue weighted by atomic mass is 16.4. The average Bonchev–Trinajstić information content (AvgIpc) is 2.68. The third kappa shape index (κ3) is 1.42. The second-order valence-electron chi connectivity index (χ2n) is 2.34. The molecule has 0 amide bonds. The maximum absolute atomic E-state index is 10.4. The number of nitrogens with zero attached hydrogens (tertiary/aromatic N) is 4. The molecule has 0 saturated heterocycles. The van der Waals surface area contributed by atoms with Gasteiger partial charge in [-0.1, -0.05) is 0 Å². The first-order valence-corrected chi connectivity index (χ1v) is 3.59. The molecule has 0 aliphatic heterocycles. The molecule has 0 spiro atoms. The minimum absolute atomic E-state index is 0.0861. The molecule has 7 nitrogen and oxygen atoms in total. The van der Waals surface area contributed by atoms with Crippen molar-refractivity contribution in [3.05, 3.63) is 24.6 Å². The van der Waals surface area contributed by atoms with Crippen molar-refractivity contribution < 1.29 is 14.3 Å². The van der Waals surface area contributed by atoms with Crippen molar-refractivity contribution >= 4 is 5.97 Å². The van der Waals surface area contributed by atoms with E-state index in [1.54, 1.807) is 0 Å². The Kier molecular flexibility index (Phi) is 1.90. The van der Waals surface area contributed by atoms with Crippen LogP contribution in [-0.4, -0.2) is 31.2 Å². The normalized spacial score (nSPS) is 10.0. The fourth-order valence-electron chi connectivity index (χ4n) is 0.836. The van der Waals surface area contributed by atoms with Gasteiger partial charge in [-0.05, 0) is 0 Å². The zero-order chi connectivity index (χ0) is 9.97. The zero-order valence-corrected chi connectivity index (χ0v) is 6.78. The Balaban J connectivity index is 2.39. The molecule has 7 heteroatoms. The van der Waals surface area contributed by atoms with Gasteiger partial charge in [-0.15, -0.1) is 10.2 Å². The van der Waals surface area contributed by atoms with E-state index >= 15 is 0 Å². The lowest BCUT2D eigenvalue weighted by atomic mass is 10.3. The van der Waals surface area contributed by atoms with E-state index in [4.69, 9.17) is 9.52 Å². The Bertz CT molecular complexity index is 453. The fraction of sp³-hybridized carbons (Fsp3) is 0. The van der Waals surface area contributed by atoms with Crippen molar-refractivity contribution in [3.63, 3.8) is 0 Å². The van der Waals surface area contributed by atoms with Crippen LogP contribution in [0.1, 0.15) is 10.7 Å². The van der Waals surface area contributed by atoms with Crippen LogP contribution in [0.3, 0.4) is 0 Å². The Hall–Kier alpha value is -2.31. The van der Waals surface area contributed by atoms with E-state index in [-0.39, 0.29) is 5.89 Å². The molecule has 0 bridgehead atoms. The standard InChI is InChI=1S/C7H4N4O3/c12-7(13)6-11-10-5(14-6)4-1-8-3-9-2-4/h1-3H,(H,12,13). The summed E-state index contributed by atoms with van der Waals surface area (Å²) < 4.78 is 4.83. The molecule has 0 fully saturated rings. The van der Waals surface area contributed by atoms with Gasteiger partial charge in [0.1, 0.15) is 6.33 Å². The number of hydrogen-bond acceptors (Lipinski definition) is 6. The molecule has 2 aromatic rings. The molecular weight excluding hydrogens is 188 g/mol. The number of carboxylic acids is 1. The summed E-state index contributed by atoms with van der Waals surface area (Å²) in [7, 11) is 0. The monoisotopic (exact) mass is 192 g/mol. The Morgan fingerprint density at radius 1 is 1.29 bits per heavy atom. The Morgan fingerprint density at radius 3 is 2.57 bits per heavy atom. The molecule has 14 heavy (non-hydrogen) atoms. The lowest BCUT2D eigenvalue weighted by Gasteiger charge is -1.89. The molecule has 0 aromatic carbocycles. The van der Waals surface area contributed by atoms with Crippen LogP contribution in [0.4, 0.5) is 0 Å². The summed E-state index contributed by atoms with van der Waals surface area (Å²) in [6.45, 7) is 0. The molecule has 0 aliphatic carbocycles. The van der Waals surface area contributed by atoms with E-state index < -0.39 is 11.9 Å². The van der Waals surface area contributed by atoms with Gasteiger partial charge < -0.3 is 9.52 Å². The summed E-state index contributed by atoms with van der Waals surface area (Å²) >= 11 is 0. The predicted molar refractivity (Wildman–Crippen MR) is 42.3 cm³/mol. The minimum Gasteiger partial charge on any atom is -0.474 e. The fourth-order valence-corrected chi connectivity index (χ4v) is 0.836. The molecule has 0 radical (unpaired) electrons. The van der Waals surface area contributed by atoms with Crippen LogP contribution in [0.25, 0.3) is 11.5 Å². The largest absolute Gasteiger partial charge is 0.474 e. The van der Waals surface area contributed by atoms with Crippen LogP contribution in [0, 0.1) is 0 Å². The third-order valence-corrected chi connectivity index (χ3v) is 1.42. The highest BCUT2D eigenvalue weighted by molar-refractivity contribution is 5.82. The molecule has 0 unspecified atom stereocenters. The van der Waals surface area contributed by atoms with Crippen LogP contribution < -0.4 is 0 Å². The van der Waals surface area contributed by atoms with Gasteiger partial charge in [0, 0.05) is 12.4 Å². The number of carboxylic acid groups (broad SMARTS) is 1. The summed E-state index contributed by atoms with van der Waals surface area (Å²) in [6.07, 6.45) is 4.25. The molecule has 2 rings (SSSR count). The molecule has 0 aliphatic rings. The molecule has 2 heterocycles.